The molecule has 0 aliphatic carbocycles. The molecule has 0 aliphatic heterocycles. The SMILES string of the molecule is CCNCCc1cn(CCCS(C)(=O)=O)c2ccccc12. The summed E-state index contributed by atoms with van der Waals surface area (Å²) in [5.41, 5.74) is 2.52. The van der Waals surface area contributed by atoms with E-state index in [1.807, 2.05) is 6.07 Å². The second-order valence-electron chi connectivity index (χ2n) is 5.45. The molecule has 1 N–H and O–H groups in total. The Bertz CT molecular complexity index is 689. The van der Waals surface area contributed by atoms with Crippen molar-refractivity contribution in [1.29, 1.82) is 0 Å². The van der Waals surface area contributed by atoms with Gasteiger partial charge in [-0.05, 0) is 37.6 Å². The summed E-state index contributed by atoms with van der Waals surface area (Å²) in [6.07, 6.45) is 5.12. The van der Waals surface area contributed by atoms with E-state index in [9.17, 15) is 8.42 Å². The van der Waals surface area contributed by atoms with Gasteiger partial charge in [0.05, 0.1) is 5.75 Å². The zero-order valence-corrected chi connectivity index (χ0v) is 13.6. The zero-order chi connectivity index (χ0) is 15.3. The van der Waals surface area contributed by atoms with Crippen molar-refractivity contribution < 1.29 is 8.42 Å². The highest BCUT2D eigenvalue weighted by atomic mass is 32.2. The summed E-state index contributed by atoms with van der Waals surface area (Å²) in [7, 11) is -2.88. The van der Waals surface area contributed by atoms with E-state index in [-0.39, 0.29) is 5.75 Å². The normalized spacial score (nSPS) is 12.1. The summed E-state index contributed by atoms with van der Waals surface area (Å²) in [5.74, 6) is 0.242. The number of benzene rings is 1. The summed E-state index contributed by atoms with van der Waals surface area (Å²) < 4.78 is 24.7. The maximum absolute atomic E-state index is 11.2. The van der Waals surface area contributed by atoms with Gasteiger partial charge in [-0.15, -0.1) is 0 Å². The van der Waals surface area contributed by atoms with E-state index in [2.05, 4.69) is 41.2 Å². The first kappa shape index (κ1) is 16.0. The van der Waals surface area contributed by atoms with E-state index >= 15 is 0 Å². The van der Waals surface area contributed by atoms with Crippen LogP contribution < -0.4 is 5.32 Å². The highest BCUT2D eigenvalue weighted by molar-refractivity contribution is 7.90. The Hall–Kier alpha value is -1.33. The maximum Gasteiger partial charge on any atom is 0.147 e. The molecule has 0 radical (unpaired) electrons. The number of aryl methyl sites for hydroxylation is 1. The van der Waals surface area contributed by atoms with Gasteiger partial charge in [-0.1, -0.05) is 25.1 Å². The van der Waals surface area contributed by atoms with Crippen molar-refractivity contribution in [3.63, 3.8) is 0 Å². The largest absolute Gasteiger partial charge is 0.347 e. The molecule has 4 nitrogen and oxygen atoms in total. The Kier molecular flexibility index (Phi) is 5.42. The van der Waals surface area contributed by atoms with Gasteiger partial charge >= 0.3 is 0 Å². The standard InChI is InChI=1S/C16H24N2O2S/c1-3-17-10-9-14-13-18(11-6-12-21(2,19)20)16-8-5-4-7-15(14)16/h4-5,7-8,13,17H,3,6,9-12H2,1-2H3. The summed E-state index contributed by atoms with van der Waals surface area (Å²) in [6, 6.07) is 8.33. The summed E-state index contributed by atoms with van der Waals surface area (Å²) in [6.45, 7) is 4.80. The lowest BCUT2D eigenvalue weighted by molar-refractivity contribution is 0.593. The van der Waals surface area contributed by atoms with Crippen LogP contribution in [0.5, 0.6) is 0 Å². The van der Waals surface area contributed by atoms with Crippen molar-refractivity contribution >= 4 is 20.7 Å². The lowest BCUT2D eigenvalue weighted by Crippen LogP contribution is -2.15. The number of fused-ring (bicyclic) bond motifs is 1. The van der Waals surface area contributed by atoms with Crippen LogP contribution in [0.2, 0.25) is 0 Å². The van der Waals surface area contributed by atoms with Crippen LogP contribution in [0, 0.1) is 0 Å². The number of likely N-dealkylation sites (N-methyl/N-ethyl adjacent to an activating group) is 1. The van der Waals surface area contributed by atoms with Crippen LogP contribution in [0.25, 0.3) is 10.9 Å². The highest BCUT2D eigenvalue weighted by Gasteiger charge is 2.08. The van der Waals surface area contributed by atoms with Crippen LogP contribution in [0.3, 0.4) is 0 Å². The molecule has 1 aromatic heterocycles. The third-order valence-electron chi connectivity index (χ3n) is 3.61. The summed E-state index contributed by atoms with van der Waals surface area (Å²) in [5, 5.41) is 4.62. The van der Waals surface area contributed by atoms with Crippen LogP contribution in [0.4, 0.5) is 0 Å². The first-order valence-corrected chi connectivity index (χ1v) is 9.52. The number of nitrogens with one attached hydrogen (secondary N) is 1. The number of hydrogen-bond donors (Lipinski definition) is 1. The van der Waals surface area contributed by atoms with Gasteiger partial charge in [0.15, 0.2) is 0 Å². The summed E-state index contributed by atoms with van der Waals surface area (Å²) in [4.78, 5) is 0. The van der Waals surface area contributed by atoms with Crippen molar-refractivity contribution in [3.8, 4) is 0 Å². The van der Waals surface area contributed by atoms with E-state index in [1.54, 1.807) is 0 Å². The van der Waals surface area contributed by atoms with Crippen molar-refractivity contribution in [1.82, 2.24) is 9.88 Å². The minimum absolute atomic E-state index is 0.242. The molecular weight excluding hydrogens is 284 g/mol. The quantitative estimate of drug-likeness (QED) is 0.761. The second kappa shape index (κ2) is 7.09. The molecule has 0 amide bonds. The Morgan fingerprint density at radius 1 is 1.24 bits per heavy atom. The van der Waals surface area contributed by atoms with E-state index in [4.69, 9.17) is 0 Å². The Morgan fingerprint density at radius 3 is 2.71 bits per heavy atom. The first-order valence-electron chi connectivity index (χ1n) is 7.46. The minimum atomic E-state index is -2.88. The number of para-hydroxylation sites is 1. The number of aromatic nitrogens is 1. The fourth-order valence-electron chi connectivity index (χ4n) is 2.60. The van der Waals surface area contributed by atoms with Crippen molar-refractivity contribution in [3.05, 3.63) is 36.0 Å². The molecule has 0 unspecified atom stereocenters. The third-order valence-corrected chi connectivity index (χ3v) is 4.64. The van der Waals surface area contributed by atoms with Gasteiger partial charge in [-0.2, -0.15) is 0 Å². The van der Waals surface area contributed by atoms with Crippen molar-refractivity contribution in [2.75, 3.05) is 25.1 Å². The number of nitrogens with zero attached hydrogens (tertiary/aromatic N) is 1. The van der Waals surface area contributed by atoms with Gasteiger partial charge in [-0.3, -0.25) is 0 Å². The molecule has 2 rings (SSSR count). The molecule has 0 saturated carbocycles. The van der Waals surface area contributed by atoms with E-state index < -0.39 is 9.84 Å². The Labute approximate surface area is 127 Å². The molecule has 0 aliphatic rings. The van der Waals surface area contributed by atoms with E-state index in [1.165, 1.54) is 22.7 Å². The molecular formula is C16H24N2O2S. The van der Waals surface area contributed by atoms with Gasteiger partial charge in [-0.25, -0.2) is 8.42 Å². The second-order valence-corrected chi connectivity index (χ2v) is 7.71. The molecule has 0 saturated heterocycles. The van der Waals surface area contributed by atoms with Gasteiger partial charge in [0, 0.05) is 29.9 Å². The van der Waals surface area contributed by atoms with Crippen LogP contribution >= 0.6 is 0 Å². The van der Waals surface area contributed by atoms with Crippen LogP contribution in [-0.2, 0) is 22.8 Å². The lowest BCUT2D eigenvalue weighted by Gasteiger charge is -2.04. The highest BCUT2D eigenvalue weighted by Crippen LogP contribution is 2.22. The molecule has 1 aromatic carbocycles. The van der Waals surface area contributed by atoms with E-state index in [0.29, 0.717) is 6.42 Å². The molecule has 0 bridgehead atoms. The molecule has 116 valence electrons. The van der Waals surface area contributed by atoms with Gasteiger partial charge in [0.2, 0.25) is 0 Å². The van der Waals surface area contributed by atoms with Crippen LogP contribution in [0.15, 0.2) is 30.5 Å². The lowest BCUT2D eigenvalue weighted by atomic mass is 10.1. The maximum atomic E-state index is 11.2. The Morgan fingerprint density at radius 2 is 2.00 bits per heavy atom. The number of sulfone groups is 1. The molecule has 0 spiro atoms. The average molecular weight is 308 g/mol. The number of hydrogen-bond acceptors (Lipinski definition) is 3. The minimum Gasteiger partial charge on any atom is -0.347 e. The fraction of sp³-hybridized carbons (Fsp3) is 0.500. The van der Waals surface area contributed by atoms with Crippen LogP contribution in [0.1, 0.15) is 18.9 Å². The van der Waals surface area contributed by atoms with Gasteiger partial charge in [0.25, 0.3) is 0 Å². The predicted molar refractivity (Wildman–Crippen MR) is 88.5 cm³/mol. The van der Waals surface area contributed by atoms with E-state index in [0.717, 1.165) is 26.1 Å². The number of rotatable bonds is 8. The van der Waals surface area contributed by atoms with Crippen molar-refractivity contribution in [2.45, 2.75) is 26.3 Å². The monoisotopic (exact) mass is 308 g/mol. The van der Waals surface area contributed by atoms with Crippen LogP contribution in [-0.4, -0.2) is 38.1 Å². The van der Waals surface area contributed by atoms with Gasteiger partial charge < -0.3 is 9.88 Å². The van der Waals surface area contributed by atoms with Gasteiger partial charge in [0.1, 0.15) is 9.84 Å². The smallest absolute Gasteiger partial charge is 0.147 e. The molecule has 2 aromatic rings. The average Bonchev–Trinajstić information content (AvgIpc) is 2.77. The molecule has 0 fully saturated rings. The fourth-order valence-corrected chi connectivity index (χ4v) is 3.26. The third kappa shape index (κ3) is 4.58. The van der Waals surface area contributed by atoms with Crippen molar-refractivity contribution in [2.24, 2.45) is 0 Å². The molecule has 5 heteroatoms. The predicted octanol–water partition coefficient (Wildman–Crippen LogP) is 2.23. The molecule has 1 heterocycles. The first-order chi connectivity index (χ1) is 10.0. The molecule has 0 atom stereocenters. The topological polar surface area (TPSA) is 51.1 Å². The summed E-state index contributed by atoms with van der Waals surface area (Å²) >= 11 is 0. The Balaban J connectivity index is 2.15. The molecule has 21 heavy (non-hydrogen) atoms. The zero-order valence-electron chi connectivity index (χ0n) is 12.8.